The van der Waals surface area contributed by atoms with Crippen molar-refractivity contribution in [2.24, 2.45) is 16.1 Å². The van der Waals surface area contributed by atoms with Gasteiger partial charge in [0.25, 0.3) is 0 Å². The molecule has 0 spiro atoms. The molecule has 3 N–H and O–H groups in total. The molecule has 1 aromatic carbocycles. The summed E-state index contributed by atoms with van der Waals surface area (Å²) >= 11 is 12.6. The van der Waals surface area contributed by atoms with Crippen LogP contribution in [0.15, 0.2) is 46.9 Å². The van der Waals surface area contributed by atoms with E-state index >= 15 is 0 Å². The number of rotatable bonds is 4. The first-order valence-electron chi connectivity index (χ1n) is 9.58. The largest absolute Gasteiger partial charge is 0.392 e. The number of benzene rings is 1. The smallest absolute Gasteiger partial charge is 0.152 e. The molecule has 7 heteroatoms. The minimum Gasteiger partial charge on any atom is -0.392 e. The third kappa shape index (κ3) is 4.38. The van der Waals surface area contributed by atoms with E-state index in [4.69, 9.17) is 28.9 Å². The fraction of sp³-hybridized carbons (Fsp3) is 0.476. The summed E-state index contributed by atoms with van der Waals surface area (Å²) in [5.41, 5.74) is 8.87. The number of hydrogen-bond donors (Lipinski definition) is 2. The highest BCUT2D eigenvalue weighted by Crippen LogP contribution is 2.33. The number of hydrogen-bond acceptors (Lipinski definition) is 5. The lowest BCUT2D eigenvalue weighted by molar-refractivity contribution is 0.174. The van der Waals surface area contributed by atoms with Gasteiger partial charge in [0, 0.05) is 32.0 Å². The van der Waals surface area contributed by atoms with Gasteiger partial charge in [-0.2, -0.15) is 0 Å². The number of piperidine rings is 1. The zero-order valence-corrected chi connectivity index (χ0v) is 18.0. The van der Waals surface area contributed by atoms with Crippen LogP contribution in [-0.2, 0) is 6.54 Å². The van der Waals surface area contributed by atoms with E-state index in [1.807, 2.05) is 25.3 Å². The van der Waals surface area contributed by atoms with Crippen molar-refractivity contribution in [3.8, 4) is 0 Å². The van der Waals surface area contributed by atoms with Gasteiger partial charge in [-0.05, 0) is 48.9 Å². The standard InChI is InChI=1S/C21H28Cl2N4O/c1-15(13-28)19-20(26-9-6-21(2,14-24)7-10-26)25-8-11-27(19)12-16-4-3-5-17(22)18(16)23/h3-5,8,11,28H,6-7,9-10,12-14,24H2,1-2H3/b19-15+. The van der Waals surface area contributed by atoms with Crippen molar-refractivity contribution in [2.75, 3.05) is 26.2 Å². The number of aliphatic hydroxyl groups excluding tert-OH is 1. The zero-order chi connectivity index (χ0) is 20.3. The predicted octanol–water partition coefficient (Wildman–Crippen LogP) is 4.01. The highest BCUT2D eigenvalue weighted by Gasteiger charge is 2.33. The van der Waals surface area contributed by atoms with Crippen molar-refractivity contribution in [1.29, 1.82) is 0 Å². The van der Waals surface area contributed by atoms with Gasteiger partial charge in [0.2, 0.25) is 0 Å². The van der Waals surface area contributed by atoms with Gasteiger partial charge in [-0.25, -0.2) is 4.99 Å². The lowest BCUT2D eigenvalue weighted by atomic mass is 9.80. The molecular formula is C21H28Cl2N4O. The molecule has 28 heavy (non-hydrogen) atoms. The van der Waals surface area contributed by atoms with Gasteiger partial charge in [-0.3, -0.25) is 0 Å². The number of aliphatic imine (C=N–C) groups is 1. The van der Waals surface area contributed by atoms with Crippen molar-refractivity contribution in [2.45, 2.75) is 33.2 Å². The van der Waals surface area contributed by atoms with Crippen LogP contribution in [0.1, 0.15) is 32.3 Å². The molecule has 5 nitrogen and oxygen atoms in total. The van der Waals surface area contributed by atoms with Crippen LogP contribution >= 0.6 is 23.2 Å². The molecule has 3 rings (SSSR count). The third-order valence-corrected chi connectivity index (χ3v) is 6.58. The minimum atomic E-state index is -0.0314. The highest BCUT2D eigenvalue weighted by molar-refractivity contribution is 6.42. The van der Waals surface area contributed by atoms with Crippen LogP contribution in [0.5, 0.6) is 0 Å². The normalized spacial score (nSPS) is 21.0. The first-order chi connectivity index (χ1) is 13.4. The second kappa shape index (κ2) is 8.87. The fourth-order valence-corrected chi connectivity index (χ4v) is 4.02. The topological polar surface area (TPSA) is 65.1 Å². The molecule has 0 aromatic heterocycles. The van der Waals surface area contributed by atoms with Crippen molar-refractivity contribution in [3.05, 3.63) is 57.5 Å². The Balaban J connectivity index is 1.87. The van der Waals surface area contributed by atoms with Crippen LogP contribution < -0.4 is 5.73 Å². The van der Waals surface area contributed by atoms with Crippen LogP contribution in [0, 0.1) is 5.41 Å². The molecule has 1 fully saturated rings. The van der Waals surface area contributed by atoms with E-state index < -0.39 is 0 Å². The molecule has 0 bridgehead atoms. The Morgan fingerprint density at radius 2 is 2.00 bits per heavy atom. The summed E-state index contributed by atoms with van der Waals surface area (Å²) in [4.78, 5) is 9.05. The van der Waals surface area contributed by atoms with E-state index in [0.29, 0.717) is 23.1 Å². The van der Waals surface area contributed by atoms with Gasteiger partial charge in [0.05, 0.1) is 22.3 Å². The summed E-state index contributed by atoms with van der Waals surface area (Å²) in [5.74, 6) is 0.895. The maximum Gasteiger partial charge on any atom is 0.152 e. The lowest BCUT2D eigenvalue weighted by Crippen LogP contribution is -2.47. The van der Waals surface area contributed by atoms with Crippen LogP contribution in [0.4, 0.5) is 0 Å². The summed E-state index contributed by atoms with van der Waals surface area (Å²) in [7, 11) is 0. The maximum absolute atomic E-state index is 9.86. The number of nitrogens with two attached hydrogens (primary N) is 1. The van der Waals surface area contributed by atoms with Crippen LogP contribution in [0.3, 0.4) is 0 Å². The van der Waals surface area contributed by atoms with Gasteiger partial charge < -0.3 is 20.6 Å². The predicted molar refractivity (Wildman–Crippen MR) is 116 cm³/mol. The fourth-order valence-electron chi connectivity index (χ4n) is 3.64. The van der Waals surface area contributed by atoms with Crippen molar-refractivity contribution >= 4 is 29.0 Å². The highest BCUT2D eigenvalue weighted by atomic mass is 35.5. The first kappa shape index (κ1) is 21.2. The summed E-state index contributed by atoms with van der Waals surface area (Å²) < 4.78 is 0. The van der Waals surface area contributed by atoms with Gasteiger partial charge >= 0.3 is 0 Å². The van der Waals surface area contributed by atoms with Crippen LogP contribution in [-0.4, -0.2) is 47.0 Å². The summed E-state index contributed by atoms with van der Waals surface area (Å²) in [6.07, 6.45) is 5.78. The van der Waals surface area contributed by atoms with E-state index in [0.717, 1.165) is 48.6 Å². The molecule has 0 unspecified atom stereocenters. The van der Waals surface area contributed by atoms with E-state index in [9.17, 15) is 5.11 Å². The number of amidine groups is 1. The van der Waals surface area contributed by atoms with Gasteiger partial charge in [-0.15, -0.1) is 0 Å². The van der Waals surface area contributed by atoms with Gasteiger partial charge in [-0.1, -0.05) is 42.3 Å². The zero-order valence-electron chi connectivity index (χ0n) is 16.5. The Morgan fingerprint density at radius 1 is 1.29 bits per heavy atom. The molecule has 2 heterocycles. The Kier molecular flexibility index (Phi) is 6.71. The number of nitrogens with zero attached hydrogens (tertiary/aromatic N) is 3. The molecular weight excluding hydrogens is 395 g/mol. The molecule has 2 aliphatic heterocycles. The molecule has 0 atom stereocenters. The Morgan fingerprint density at radius 3 is 2.64 bits per heavy atom. The van der Waals surface area contributed by atoms with E-state index in [-0.39, 0.29) is 12.0 Å². The van der Waals surface area contributed by atoms with Crippen LogP contribution in [0.2, 0.25) is 10.0 Å². The van der Waals surface area contributed by atoms with Crippen molar-refractivity contribution < 1.29 is 5.11 Å². The quantitative estimate of drug-likeness (QED) is 0.768. The van der Waals surface area contributed by atoms with E-state index in [1.54, 1.807) is 12.3 Å². The van der Waals surface area contributed by atoms with Gasteiger partial charge in [0.15, 0.2) is 5.84 Å². The lowest BCUT2D eigenvalue weighted by Gasteiger charge is -2.42. The van der Waals surface area contributed by atoms with Crippen LogP contribution in [0.25, 0.3) is 0 Å². The number of halogens is 2. The third-order valence-electron chi connectivity index (χ3n) is 5.72. The molecule has 1 saturated heterocycles. The molecule has 0 radical (unpaired) electrons. The van der Waals surface area contributed by atoms with Crippen molar-refractivity contribution in [3.63, 3.8) is 0 Å². The molecule has 1 aromatic rings. The average Bonchev–Trinajstić information content (AvgIpc) is 2.71. The van der Waals surface area contributed by atoms with Gasteiger partial charge in [0.1, 0.15) is 0 Å². The second-order valence-electron chi connectivity index (χ2n) is 7.88. The number of aliphatic hydroxyl groups is 1. The Hall–Kier alpha value is -1.53. The molecule has 0 saturated carbocycles. The molecule has 0 amide bonds. The van der Waals surface area contributed by atoms with Crippen molar-refractivity contribution in [1.82, 2.24) is 9.80 Å². The maximum atomic E-state index is 9.86. The Bertz CT molecular complexity index is 811. The monoisotopic (exact) mass is 422 g/mol. The average molecular weight is 423 g/mol. The minimum absolute atomic E-state index is 0.0314. The molecule has 152 valence electrons. The SMILES string of the molecule is C/C(CO)=C1/C(N2CCC(C)(CN)CC2)=NC=CN1Cc1cccc(Cl)c1Cl. The number of likely N-dealkylation sites (tertiary alicyclic amines) is 1. The summed E-state index contributed by atoms with van der Waals surface area (Å²) in [6, 6.07) is 5.64. The first-order valence-corrected chi connectivity index (χ1v) is 10.3. The molecule has 2 aliphatic rings. The summed E-state index contributed by atoms with van der Waals surface area (Å²) in [5, 5.41) is 11.0. The van der Waals surface area contributed by atoms with E-state index in [2.05, 4.69) is 21.7 Å². The van der Waals surface area contributed by atoms with E-state index in [1.165, 1.54) is 0 Å². The summed E-state index contributed by atoms with van der Waals surface area (Å²) in [6.45, 7) is 7.20. The second-order valence-corrected chi connectivity index (χ2v) is 8.67. The Labute approximate surface area is 177 Å². The molecule has 0 aliphatic carbocycles.